The second-order valence-electron chi connectivity index (χ2n) is 4.88. The molecule has 0 fully saturated rings. The van der Waals surface area contributed by atoms with Gasteiger partial charge in [0, 0.05) is 12.7 Å². The van der Waals surface area contributed by atoms with E-state index in [0.717, 1.165) is 12.8 Å². The lowest BCUT2D eigenvalue weighted by atomic mass is 10.3. The number of fused-ring (bicyclic) bond motifs is 1. The maximum atomic E-state index is 12.5. The highest BCUT2D eigenvalue weighted by molar-refractivity contribution is 5.95. The smallest absolute Gasteiger partial charge is 0.325 e. The Kier molecular flexibility index (Phi) is 5.40. The van der Waals surface area contributed by atoms with E-state index in [9.17, 15) is 14.4 Å². The number of carbonyl (C=O) groups is 2. The van der Waals surface area contributed by atoms with Crippen LogP contribution in [0.2, 0.25) is 0 Å². The molecular weight excluding hydrogens is 300 g/mol. The summed E-state index contributed by atoms with van der Waals surface area (Å²) in [6.45, 7) is 2.13. The molecule has 2 aromatic heterocycles. The average Bonchev–Trinajstić information content (AvgIpc) is 2.58. The van der Waals surface area contributed by atoms with E-state index in [0.29, 0.717) is 17.7 Å². The van der Waals surface area contributed by atoms with Crippen molar-refractivity contribution in [3.8, 4) is 0 Å². The number of unbranched alkanes of at least 4 members (excludes halogenated alkanes) is 1. The van der Waals surface area contributed by atoms with Crippen LogP contribution < -0.4 is 10.9 Å². The van der Waals surface area contributed by atoms with Crippen LogP contribution in [0.1, 0.15) is 30.3 Å². The highest BCUT2D eigenvalue weighted by Gasteiger charge is 2.18. The van der Waals surface area contributed by atoms with Gasteiger partial charge in [-0.2, -0.15) is 0 Å². The normalized spacial score (nSPS) is 10.5. The van der Waals surface area contributed by atoms with Crippen molar-refractivity contribution in [1.82, 2.24) is 19.9 Å². The highest BCUT2D eigenvalue weighted by atomic mass is 16.5. The molecule has 0 aliphatic carbocycles. The zero-order valence-electron chi connectivity index (χ0n) is 13.0. The molecule has 0 saturated carbocycles. The molecule has 0 saturated heterocycles. The number of methoxy groups -OCH3 is 1. The van der Waals surface area contributed by atoms with Crippen LogP contribution in [0.4, 0.5) is 0 Å². The first-order valence-corrected chi connectivity index (χ1v) is 7.29. The molecule has 0 spiro atoms. The van der Waals surface area contributed by atoms with Crippen LogP contribution in [-0.2, 0) is 16.1 Å². The number of ether oxygens (including phenoxy) is 1. The maximum absolute atomic E-state index is 12.5. The Morgan fingerprint density at radius 1 is 1.39 bits per heavy atom. The molecule has 2 heterocycles. The van der Waals surface area contributed by atoms with E-state index in [4.69, 9.17) is 0 Å². The van der Waals surface area contributed by atoms with Gasteiger partial charge in [-0.05, 0) is 18.6 Å². The summed E-state index contributed by atoms with van der Waals surface area (Å²) in [5.74, 6) is -1.32. The van der Waals surface area contributed by atoms with E-state index in [2.05, 4.69) is 20.0 Å². The molecule has 8 nitrogen and oxygen atoms in total. The van der Waals surface area contributed by atoms with Crippen LogP contribution in [0.15, 0.2) is 23.1 Å². The van der Waals surface area contributed by atoms with E-state index in [1.165, 1.54) is 11.7 Å². The third-order valence-corrected chi connectivity index (χ3v) is 3.27. The van der Waals surface area contributed by atoms with Gasteiger partial charge in [-0.1, -0.05) is 13.3 Å². The Morgan fingerprint density at radius 2 is 2.17 bits per heavy atom. The fourth-order valence-corrected chi connectivity index (χ4v) is 2.06. The van der Waals surface area contributed by atoms with Crippen LogP contribution >= 0.6 is 0 Å². The molecule has 122 valence electrons. The van der Waals surface area contributed by atoms with Crippen molar-refractivity contribution in [2.45, 2.75) is 26.3 Å². The summed E-state index contributed by atoms with van der Waals surface area (Å²) in [7, 11) is 1.21. The number of aromatic nitrogens is 3. The molecule has 23 heavy (non-hydrogen) atoms. The van der Waals surface area contributed by atoms with Gasteiger partial charge >= 0.3 is 5.97 Å². The summed E-state index contributed by atoms with van der Waals surface area (Å²) in [5.41, 5.74) is 0.111. The topological polar surface area (TPSA) is 103 Å². The van der Waals surface area contributed by atoms with Crippen LogP contribution in [0.5, 0.6) is 0 Å². The van der Waals surface area contributed by atoms with E-state index < -0.39 is 17.4 Å². The Balaban J connectivity index is 2.43. The van der Waals surface area contributed by atoms with Gasteiger partial charge in [0.15, 0.2) is 11.3 Å². The number of aryl methyl sites for hydroxylation is 1. The molecule has 0 aromatic carbocycles. The van der Waals surface area contributed by atoms with Crippen LogP contribution in [0, 0.1) is 0 Å². The molecule has 0 unspecified atom stereocenters. The summed E-state index contributed by atoms with van der Waals surface area (Å²) in [6.07, 6.45) is 3.24. The third kappa shape index (κ3) is 3.71. The first kappa shape index (κ1) is 16.6. The Hall–Kier alpha value is -2.77. The molecule has 2 rings (SSSR count). The second-order valence-corrected chi connectivity index (χ2v) is 4.88. The van der Waals surface area contributed by atoms with Crippen LogP contribution in [0.25, 0.3) is 11.2 Å². The van der Waals surface area contributed by atoms with Crippen molar-refractivity contribution in [1.29, 1.82) is 0 Å². The monoisotopic (exact) mass is 318 g/mol. The quantitative estimate of drug-likeness (QED) is 0.778. The van der Waals surface area contributed by atoms with Gasteiger partial charge in [0.1, 0.15) is 12.1 Å². The minimum absolute atomic E-state index is 0.259. The second kappa shape index (κ2) is 7.48. The van der Waals surface area contributed by atoms with Gasteiger partial charge in [0.25, 0.3) is 11.5 Å². The van der Waals surface area contributed by atoms with E-state index in [-0.39, 0.29) is 12.2 Å². The average molecular weight is 318 g/mol. The van der Waals surface area contributed by atoms with E-state index in [1.54, 1.807) is 18.3 Å². The molecule has 0 atom stereocenters. The third-order valence-electron chi connectivity index (χ3n) is 3.27. The summed E-state index contributed by atoms with van der Waals surface area (Å²) in [6, 6.07) is 3.36. The fraction of sp³-hybridized carbons (Fsp3) is 0.400. The maximum Gasteiger partial charge on any atom is 0.325 e. The predicted octanol–water partition coefficient (Wildman–Crippen LogP) is 0.494. The van der Waals surface area contributed by atoms with E-state index in [1.807, 2.05) is 6.92 Å². The molecule has 2 aromatic rings. The lowest BCUT2D eigenvalue weighted by Crippen LogP contribution is -2.37. The fourth-order valence-electron chi connectivity index (χ4n) is 2.06. The number of rotatable bonds is 6. The van der Waals surface area contributed by atoms with Crippen molar-refractivity contribution in [2.24, 2.45) is 0 Å². The molecule has 0 aliphatic rings. The number of nitrogens with one attached hydrogen (secondary N) is 1. The number of esters is 1. The van der Waals surface area contributed by atoms with Crippen molar-refractivity contribution < 1.29 is 14.3 Å². The van der Waals surface area contributed by atoms with Gasteiger partial charge in [-0.15, -0.1) is 0 Å². The minimum Gasteiger partial charge on any atom is -0.468 e. The molecular formula is C15H18N4O4. The Labute approximate surface area is 132 Å². The lowest BCUT2D eigenvalue weighted by Gasteiger charge is -2.10. The van der Waals surface area contributed by atoms with Gasteiger partial charge in [0.2, 0.25) is 0 Å². The first-order chi connectivity index (χ1) is 11.1. The zero-order valence-corrected chi connectivity index (χ0v) is 13.0. The zero-order chi connectivity index (χ0) is 16.8. The predicted molar refractivity (Wildman–Crippen MR) is 83.1 cm³/mol. The molecule has 1 amide bonds. The van der Waals surface area contributed by atoms with E-state index >= 15 is 0 Å². The number of hydrogen-bond acceptors (Lipinski definition) is 6. The number of hydrogen-bond donors (Lipinski definition) is 1. The molecule has 0 aliphatic heterocycles. The Morgan fingerprint density at radius 3 is 2.87 bits per heavy atom. The van der Waals surface area contributed by atoms with Gasteiger partial charge in [-0.25, -0.2) is 9.97 Å². The molecule has 8 heteroatoms. The minimum atomic E-state index is -0.712. The first-order valence-electron chi connectivity index (χ1n) is 7.29. The lowest BCUT2D eigenvalue weighted by molar-refractivity contribution is -0.139. The number of pyridine rings is 1. The summed E-state index contributed by atoms with van der Waals surface area (Å²) in [5, 5.41) is 2.33. The van der Waals surface area contributed by atoms with Crippen LogP contribution in [0.3, 0.4) is 0 Å². The number of carbonyl (C=O) groups excluding carboxylic acids is 2. The highest BCUT2D eigenvalue weighted by Crippen LogP contribution is 2.08. The number of nitrogens with zero attached hydrogens (tertiary/aromatic N) is 3. The van der Waals surface area contributed by atoms with Crippen molar-refractivity contribution in [2.75, 3.05) is 13.7 Å². The summed E-state index contributed by atoms with van der Waals surface area (Å²) in [4.78, 5) is 44.0. The standard InChI is InChI=1S/C15H18N4O4/c1-3-4-8-19-13-10(6-5-7-16-13)18-12(15(19)22)14(21)17-9-11(20)23-2/h5-7H,3-4,8-9H2,1-2H3,(H,17,21). The largest absolute Gasteiger partial charge is 0.468 e. The summed E-state index contributed by atoms with van der Waals surface area (Å²) < 4.78 is 5.89. The molecule has 0 radical (unpaired) electrons. The van der Waals surface area contributed by atoms with Gasteiger partial charge in [-0.3, -0.25) is 19.0 Å². The van der Waals surface area contributed by atoms with Crippen molar-refractivity contribution in [3.63, 3.8) is 0 Å². The number of amides is 1. The van der Waals surface area contributed by atoms with Crippen molar-refractivity contribution in [3.05, 3.63) is 34.4 Å². The van der Waals surface area contributed by atoms with Crippen molar-refractivity contribution >= 4 is 23.0 Å². The SMILES string of the molecule is CCCCn1c(=O)c(C(=O)NCC(=O)OC)nc2cccnc21. The van der Waals surface area contributed by atoms with Gasteiger partial charge < -0.3 is 10.1 Å². The summed E-state index contributed by atoms with van der Waals surface area (Å²) >= 11 is 0. The Bertz CT molecular complexity index is 785. The van der Waals surface area contributed by atoms with Crippen LogP contribution in [-0.4, -0.2) is 40.1 Å². The van der Waals surface area contributed by atoms with Gasteiger partial charge in [0.05, 0.1) is 7.11 Å². The molecule has 0 bridgehead atoms. The molecule has 1 N–H and O–H groups in total.